The zero-order valence-corrected chi connectivity index (χ0v) is 22.3. The highest BCUT2D eigenvalue weighted by atomic mass is 35.5. The Hall–Kier alpha value is -3.47. The summed E-state index contributed by atoms with van der Waals surface area (Å²) in [5, 5.41) is 3.14. The van der Waals surface area contributed by atoms with Gasteiger partial charge < -0.3 is 14.5 Å². The van der Waals surface area contributed by atoms with E-state index in [-0.39, 0.29) is 23.8 Å². The fourth-order valence-corrected chi connectivity index (χ4v) is 6.55. The molecular formula is C28H24ClF2N3O4S. The van der Waals surface area contributed by atoms with Crippen LogP contribution in [0.15, 0.2) is 53.4 Å². The van der Waals surface area contributed by atoms with Crippen LogP contribution in [0.2, 0.25) is 5.02 Å². The number of amides is 1. The number of aromatic amines is 1. The van der Waals surface area contributed by atoms with Crippen molar-refractivity contribution in [2.45, 2.75) is 37.2 Å². The summed E-state index contributed by atoms with van der Waals surface area (Å²) in [4.78, 5) is 17.7. The second-order valence-electron chi connectivity index (χ2n) is 9.82. The van der Waals surface area contributed by atoms with E-state index in [9.17, 15) is 22.0 Å². The average Bonchev–Trinajstić information content (AvgIpc) is 3.51. The molecule has 1 aromatic heterocycles. The highest BCUT2D eigenvalue weighted by molar-refractivity contribution is 7.87. The number of hydrogen-bond acceptors (Lipinski definition) is 5. The number of nitrogens with zero attached hydrogens (tertiary/aromatic N) is 1. The van der Waals surface area contributed by atoms with E-state index in [0.717, 1.165) is 30.5 Å². The van der Waals surface area contributed by atoms with Gasteiger partial charge in [0.05, 0.1) is 10.6 Å². The number of piperidine rings is 1. The molecule has 1 saturated heterocycles. The first-order chi connectivity index (χ1) is 18.7. The van der Waals surface area contributed by atoms with Crippen LogP contribution in [0.1, 0.15) is 40.7 Å². The van der Waals surface area contributed by atoms with Crippen molar-refractivity contribution in [3.05, 3.63) is 81.9 Å². The normalized spacial score (nSPS) is 15.9. The number of likely N-dealkylation sites (tertiary alicyclic amines) is 1. The predicted octanol–water partition coefficient (Wildman–Crippen LogP) is 5.76. The number of halogens is 3. The smallest absolute Gasteiger partial charge is 0.342 e. The van der Waals surface area contributed by atoms with Crippen LogP contribution < -0.4 is 9.50 Å². The van der Waals surface area contributed by atoms with Crippen LogP contribution in [-0.4, -0.2) is 37.3 Å². The van der Waals surface area contributed by atoms with Crippen LogP contribution in [0, 0.1) is 11.6 Å². The molecule has 6 rings (SSSR count). The second kappa shape index (κ2) is 9.93. The molecule has 0 radical (unpaired) electrons. The number of carbonyl (C=O) groups is 1. The molecule has 39 heavy (non-hydrogen) atoms. The van der Waals surface area contributed by atoms with Crippen LogP contribution >= 0.6 is 11.6 Å². The van der Waals surface area contributed by atoms with Crippen molar-refractivity contribution in [3.8, 4) is 17.0 Å². The first-order valence-electron chi connectivity index (χ1n) is 12.6. The van der Waals surface area contributed by atoms with Gasteiger partial charge in [-0.25, -0.2) is 8.78 Å². The zero-order valence-electron chi connectivity index (χ0n) is 20.7. The van der Waals surface area contributed by atoms with E-state index < -0.39 is 31.7 Å². The molecule has 0 atom stereocenters. The molecule has 1 fully saturated rings. The molecule has 11 heteroatoms. The van der Waals surface area contributed by atoms with Gasteiger partial charge in [-0.2, -0.15) is 8.42 Å². The van der Waals surface area contributed by atoms with Gasteiger partial charge >= 0.3 is 10.1 Å². The third-order valence-corrected chi connectivity index (χ3v) is 8.74. The Morgan fingerprint density at radius 3 is 2.56 bits per heavy atom. The monoisotopic (exact) mass is 571 g/mol. The number of nitrogens with one attached hydrogen (secondary N) is 2. The van der Waals surface area contributed by atoms with Gasteiger partial charge in [0, 0.05) is 46.9 Å². The van der Waals surface area contributed by atoms with Gasteiger partial charge in [-0.15, -0.1) is 0 Å². The lowest BCUT2D eigenvalue weighted by atomic mass is 9.99. The lowest BCUT2D eigenvalue weighted by Gasteiger charge is -2.26. The van der Waals surface area contributed by atoms with Crippen molar-refractivity contribution in [1.29, 1.82) is 0 Å². The summed E-state index contributed by atoms with van der Waals surface area (Å²) in [6.07, 6.45) is 3.72. The molecule has 0 unspecified atom stereocenters. The zero-order chi connectivity index (χ0) is 27.3. The number of fused-ring (bicyclic) bond motifs is 2. The largest absolute Gasteiger partial charge is 0.378 e. The Kier molecular flexibility index (Phi) is 6.57. The summed E-state index contributed by atoms with van der Waals surface area (Å²) in [5.41, 5.74) is 3.97. The standard InChI is InChI=1S/C28H24ClF2N3O4S/c29-20-12-26(22(31)13-21(20)30)39(36,37)38-25-7-5-18(27-19(25)14-32-28(27)35)24-11-17-10-16(4-6-23(17)33-24)15-34-8-2-1-3-9-34/h4-7,10-13,33H,1-3,8-9,14-15H2,(H,32,35). The molecule has 2 aliphatic heterocycles. The van der Waals surface area contributed by atoms with Crippen LogP contribution in [0.25, 0.3) is 22.2 Å². The third-order valence-electron chi connectivity index (χ3n) is 7.20. The van der Waals surface area contributed by atoms with Gasteiger partial charge in [0.25, 0.3) is 5.91 Å². The molecule has 0 saturated carbocycles. The van der Waals surface area contributed by atoms with E-state index in [1.54, 1.807) is 6.07 Å². The Morgan fingerprint density at radius 2 is 1.77 bits per heavy atom. The minimum absolute atomic E-state index is 0.0275. The molecule has 2 aliphatic rings. The van der Waals surface area contributed by atoms with Crippen molar-refractivity contribution in [3.63, 3.8) is 0 Å². The van der Waals surface area contributed by atoms with E-state index in [1.807, 2.05) is 12.1 Å². The van der Waals surface area contributed by atoms with E-state index in [0.29, 0.717) is 29.0 Å². The van der Waals surface area contributed by atoms with E-state index >= 15 is 0 Å². The van der Waals surface area contributed by atoms with Crippen LogP contribution in [0.3, 0.4) is 0 Å². The Bertz CT molecular complexity index is 1730. The van der Waals surface area contributed by atoms with Crippen molar-refractivity contribution in [1.82, 2.24) is 15.2 Å². The summed E-state index contributed by atoms with van der Waals surface area (Å²) < 4.78 is 58.8. The molecule has 1 amide bonds. The Labute approximate surface area is 228 Å². The highest BCUT2D eigenvalue weighted by Gasteiger charge is 2.31. The fourth-order valence-electron chi connectivity index (χ4n) is 5.28. The lowest BCUT2D eigenvalue weighted by molar-refractivity contribution is 0.0966. The molecule has 2 N–H and O–H groups in total. The molecular weight excluding hydrogens is 548 g/mol. The number of H-pyrrole nitrogens is 1. The third kappa shape index (κ3) is 4.88. The van der Waals surface area contributed by atoms with Gasteiger partial charge in [-0.1, -0.05) is 24.1 Å². The highest BCUT2D eigenvalue weighted by Crippen LogP contribution is 2.37. The Morgan fingerprint density at radius 1 is 0.974 bits per heavy atom. The molecule has 3 aromatic carbocycles. The number of benzene rings is 3. The molecule has 4 aromatic rings. The van der Waals surface area contributed by atoms with E-state index in [2.05, 4.69) is 27.3 Å². The summed E-state index contributed by atoms with van der Waals surface area (Å²) >= 11 is 5.67. The van der Waals surface area contributed by atoms with Crippen LogP contribution in [-0.2, 0) is 23.2 Å². The van der Waals surface area contributed by atoms with Gasteiger partial charge in [-0.05, 0) is 67.9 Å². The maximum absolute atomic E-state index is 14.3. The summed E-state index contributed by atoms with van der Waals surface area (Å²) in [7, 11) is -4.71. The van der Waals surface area contributed by atoms with Gasteiger partial charge in [0.15, 0.2) is 0 Å². The Balaban J connectivity index is 1.34. The van der Waals surface area contributed by atoms with Gasteiger partial charge in [0.1, 0.15) is 22.3 Å². The minimum Gasteiger partial charge on any atom is -0.378 e. The number of rotatable bonds is 6. The first kappa shape index (κ1) is 25.8. The maximum atomic E-state index is 14.3. The van der Waals surface area contributed by atoms with Crippen molar-refractivity contribution < 1.29 is 26.2 Å². The first-order valence-corrected chi connectivity index (χ1v) is 14.4. The molecule has 0 aliphatic carbocycles. The van der Waals surface area contributed by atoms with Gasteiger partial charge in [0.2, 0.25) is 0 Å². The minimum atomic E-state index is -4.71. The van der Waals surface area contributed by atoms with Crippen molar-refractivity contribution in [2.75, 3.05) is 13.1 Å². The fraction of sp³-hybridized carbons (Fsp3) is 0.250. The summed E-state index contributed by atoms with van der Waals surface area (Å²) in [6.45, 7) is 3.11. The summed E-state index contributed by atoms with van der Waals surface area (Å²) in [6, 6.07) is 12.3. The van der Waals surface area contributed by atoms with Crippen molar-refractivity contribution in [2.24, 2.45) is 0 Å². The lowest BCUT2D eigenvalue weighted by Crippen LogP contribution is -2.28. The van der Waals surface area contributed by atoms with Gasteiger partial charge in [-0.3, -0.25) is 9.69 Å². The SMILES string of the molecule is O=C1NCc2c(OS(=O)(=O)c3cc(Cl)c(F)cc3F)ccc(-c3cc4cc(CN5CCCCC5)ccc4[nH]3)c21. The predicted molar refractivity (Wildman–Crippen MR) is 143 cm³/mol. The number of aromatic nitrogens is 1. The topological polar surface area (TPSA) is 91.5 Å². The second-order valence-corrected chi connectivity index (χ2v) is 11.7. The average molecular weight is 572 g/mol. The molecule has 7 nitrogen and oxygen atoms in total. The van der Waals surface area contributed by atoms with E-state index in [1.165, 1.54) is 30.9 Å². The molecule has 0 spiro atoms. The van der Waals surface area contributed by atoms with E-state index in [4.69, 9.17) is 15.8 Å². The number of carbonyl (C=O) groups excluding carboxylic acids is 1. The van der Waals surface area contributed by atoms with Crippen LogP contribution in [0.5, 0.6) is 5.75 Å². The maximum Gasteiger partial charge on any atom is 0.342 e. The molecule has 3 heterocycles. The molecule has 0 bridgehead atoms. The van der Waals surface area contributed by atoms with Crippen LogP contribution in [0.4, 0.5) is 8.78 Å². The van der Waals surface area contributed by atoms with Crippen molar-refractivity contribution >= 4 is 38.5 Å². The molecule has 202 valence electrons. The quantitative estimate of drug-likeness (QED) is 0.227. The summed E-state index contributed by atoms with van der Waals surface area (Å²) in [5.74, 6) is -2.95. The number of hydrogen-bond donors (Lipinski definition) is 2.